The van der Waals surface area contributed by atoms with Crippen molar-refractivity contribution in [1.29, 1.82) is 0 Å². The number of amides is 2. The van der Waals surface area contributed by atoms with Crippen LogP contribution in [0.5, 0.6) is 0 Å². The summed E-state index contributed by atoms with van der Waals surface area (Å²) in [4.78, 5) is 12.3. The average Bonchev–Trinajstić information content (AvgIpc) is 2.99. The molecule has 0 aromatic heterocycles. The maximum Gasteiger partial charge on any atom is 0.342 e. The monoisotopic (exact) mass is 264 g/mol. The summed E-state index contributed by atoms with van der Waals surface area (Å²) in [6.45, 7) is 0. The van der Waals surface area contributed by atoms with Crippen LogP contribution >= 0.6 is 0 Å². The zero-order valence-electron chi connectivity index (χ0n) is 10.9. The summed E-state index contributed by atoms with van der Waals surface area (Å²) < 4.78 is 0. The molecule has 2 aromatic carbocycles. The molecule has 4 nitrogen and oxygen atoms in total. The third-order valence-electron chi connectivity index (χ3n) is 3.18. The molecule has 1 aliphatic rings. The Labute approximate surface area is 117 Å². The van der Waals surface area contributed by atoms with Gasteiger partial charge >= 0.3 is 6.03 Å². The van der Waals surface area contributed by atoms with Gasteiger partial charge in [-0.2, -0.15) is 5.10 Å². The largest absolute Gasteiger partial charge is 0.342 e. The number of anilines is 1. The number of rotatable bonds is 2. The van der Waals surface area contributed by atoms with E-state index in [2.05, 4.69) is 16.6 Å². The molecular weight excluding hydrogens is 250 g/mol. The molecule has 1 unspecified atom stereocenters. The maximum atomic E-state index is 12.3. The van der Waals surface area contributed by atoms with Crippen molar-refractivity contribution in [1.82, 2.24) is 5.01 Å². The molecule has 20 heavy (non-hydrogen) atoms. The number of carbonyl (C=O) groups is 1. The van der Waals surface area contributed by atoms with Crippen molar-refractivity contribution >= 4 is 17.9 Å². The highest BCUT2D eigenvalue weighted by atomic mass is 16.2. The average molecular weight is 264 g/mol. The van der Waals surface area contributed by atoms with Gasteiger partial charge in [0.25, 0.3) is 0 Å². The lowest BCUT2D eigenvalue weighted by atomic mass is 10.1. The van der Waals surface area contributed by atoms with Gasteiger partial charge < -0.3 is 5.32 Å². The van der Waals surface area contributed by atoms with Crippen LogP contribution in [0.25, 0.3) is 0 Å². The number of urea groups is 1. The SMILES string of the molecule is O=C(Nc1ccccc1)N1N=[C]CC1c1ccccc1. The lowest BCUT2D eigenvalue weighted by Crippen LogP contribution is -2.31. The van der Waals surface area contributed by atoms with Crippen LogP contribution in [0.15, 0.2) is 65.8 Å². The molecular formula is C16H14N3O. The third-order valence-corrected chi connectivity index (χ3v) is 3.18. The van der Waals surface area contributed by atoms with Gasteiger partial charge in [-0.25, -0.2) is 9.80 Å². The summed E-state index contributed by atoms with van der Waals surface area (Å²) in [6, 6.07) is 18.9. The molecule has 1 N–H and O–H groups in total. The first-order chi connectivity index (χ1) is 9.84. The molecule has 0 aliphatic carbocycles. The zero-order chi connectivity index (χ0) is 13.8. The Balaban J connectivity index is 1.75. The number of nitrogens with one attached hydrogen (secondary N) is 1. The smallest absolute Gasteiger partial charge is 0.306 e. The molecule has 4 heteroatoms. The van der Waals surface area contributed by atoms with Crippen LogP contribution in [0.3, 0.4) is 0 Å². The molecule has 3 rings (SSSR count). The van der Waals surface area contributed by atoms with E-state index < -0.39 is 0 Å². The topological polar surface area (TPSA) is 44.7 Å². The fraction of sp³-hybridized carbons (Fsp3) is 0.125. The Morgan fingerprint density at radius 2 is 1.75 bits per heavy atom. The van der Waals surface area contributed by atoms with Gasteiger partial charge in [-0.3, -0.25) is 0 Å². The predicted octanol–water partition coefficient (Wildman–Crippen LogP) is 3.53. The number of hydrazone groups is 1. The first kappa shape index (κ1) is 12.4. The van der Waals surface area contributed by atoms with Crippen LogP contribution < -0.4 is 5.32 Å². The predicted molar refractivity (Wildman–Crippen MR) is 78.5 cm³/mol. The molecule has 2 aromatic rings. The summed E-state index contributed by atoms with van der Waals surface area (Å²) >= 11 is 0. The Morgan fingerprint density at radius 1 is 1.10 bits per heavy atom. The van der Waals surface area contributed by atoms with Gasteiger partial charge in [0.1, 0.15) is 0 Å². The van der Waals surface area contributed by atoms with Crippen LogP contribution in [0.1, 0.15) is 18.0 Å². The van der Waals surface area contributed by atoms with E-state index in [0.717, 1.165) is 11.3 Å². The van der Waals surface area contributed by atoms with Crippen molar-refractivity contribution in [2.45, 2.75) is 12.5 Å². The lowest BCUT2D eigenvalue weighted by molar-refractivity contribution is 0.200. The molecule has 0 bridgehead atoms. The van der Waals surface area contributed by atoms with E-state index in [9.17, 15) is 4.79 Å². The fourth-order valence-corrected chi connectivity index (χ4v) is 2.18. The number of para-hydroxylation sites is 1. The number of benzene rings is 2. The quantitative estimate of drug-likeness (QED) is 0.886. The Morgan fingerprint density at radius 3 is 2.45 bits per heavy atom. The van der Waals surface area contributed by atoms with Crippen LogP contribution in [0, 0.1) is 0 Å². The van der Waals surface area contributed by atoms with Gasteiger partial charge in [-0.1, -0.05) is 48.5 Å². The minimum Gasteiger partial charge on any atom is -0.306 e. The summed E-state index contributed by atoms with van der Waals surface area (Å²) in [5.74, 6) is 0. The summed E-state index contributed by atoms with van der Waals surface area (Å²) in [5, 5.41) is 8.34. The minimum absolute atomic E-state index is 0.0834. The number of hydrogen-bond donors (Lipinski definition) is 1. The second kappa shape index (κ2) is 5.57. The van der Waals surface area contributed by atoms with Gasteiger partial charge in [0.2, 0.25) is 0 Å². The van der Waals surface area contributed by atoms with E-state index in [-0.39, 0.29) is 12.1 Å². The highest BCUT2D eigenvalue weighted by molar-refractivity contribution is 5.90. The van der Waals surface area contributed by atoms with E-state index >= 15 is 0 Å². The number of hydrogen-bond acceptors (Lipinski definition) is 2. The van der Waals surface area contributed by atoms with E-state index in [1.165, 1.54) is 5.01 Å². The first-order valence-electron chi connectivity index (χ1n) is 6.48. The Kier molecular flexibility index (Phi) is 3.46. The highest BCUT2D eigenvalue weighted by Crippen LogP contribution is 2.28. The van der Waals surface area contributed by atoms with Crippen LogP contribution in [-0.4, -0.2) is 17.3 Å². The molecule has 0 spiro atoms. The number of nitrogens with zero attached hydrogens (tertiary/aromatic N) is 2. The van der Waals surface area contributed by atoms with Crippen LogP contribution in [0.2, 0.25) is 0 Å². The van der Waals surface area contributed by atoms with E-state index in [0.29, 0.717) is 6.42 Å². The maximum absolute atomic E-state index is 12.3. The molecule has 1 atom stereocenters. The van der Waals surface area contributed by atoms with Crippen molar-refractivity contribution in [3.63, 3.8) is 0 Å². The van der Waals surface area contributed by atoms with Gasteiger partial charge in [-0.05, 0) is 17.7 Å². The van der Waals surface area contributed by atoms with Crippen molar-refractivity contribution in [3.05, 3.63) is 66.2 Å². The first-order valence-corrected chi connectivity index (χ1v) is 6.48. The second-order valence-electron chi connectivity index (χ2n) is 4.53. The highest BCUT2D eigenvalue weighted by Gasteiger charge is 2.28. The molecule has 2 amide bonds. The molecule has 0 fully saturated rings. The molecule has 0 saturated carbocycles. The van der Waals surface area contributed by atoms with E-state index in [1.807, 2.05) is 60.7 Å². The van der Waals surface area contributed by atoms with Gasteiger partial charge in [0.15, 0.2) is 0 Å². The molecule has 1 aliphatic heterocycles. The summed E-state index contributed by atoms with van der Waals surface area (Å²) in [7, 11) is 0. The Bertz CT molecular complexity index is 610. The third kappa shape index (κ3) is 2.54. The molecule has 1 heterocycles. The molecule has 1 radical (unpaired) electrons. The van der Waals surface area contributed by atoms with E-state index in [4.69, 9.17) is 0 Å². The minimum atomic E-state index is -0.241. The van der Waals surface area contributed by atoms with Crippen LogP contribution in [0.4, 0.5) is 10.5 Å². The normalized spacial score (nSPS) is 17.2. The standard InChI is InChI=1S/C16H14N3O/c20-16(18-14-9-5-2-6-10-14)19-15(11-12-17-19)13-7-3-1-4-8-13/h1-10,15H,11H2,(H,18,20). The zero-order valence-corrected chi connectivity index (χ0v) is 10.9. The summed E-state index contributed by atoms with van der Waals surface area (Å²) in [5.41, 5.74) is 1.82. The number of carbonyl (C=O) groups excluding carboxylic acids is 1. The van der Waals surface area contributed by atoms with Gasteiger partial charge in [0, 0.05) is 12.1 Å². The van der Waals surface area contributed by atoms with E-state index in [1.54, 1.807) is 0 Å². The second-order valence-corrected chi connectivity index (χ2v) is 4.53. The van der Waals surface area contributed by atoms with Crippen LogP contribution in [-0.2, 0) is 0 Å². The molecule has 0 saturated heterocycles. The summed E-state index contributed by atoms with van der Waals surface area (Å²) in [6.07, 6.45) is 3.49. The fourth-order valence-electron chi connectivity index (χ4n) is 2.18. The molecule has 99 valence electrons. The lowest BCUT2D eigenvalue weighted by Gasteiger charge is -2.22. The van der Waals surface area contributed by atoms with Gasteiger partial charge in [0.05, 0.1) is 12.3 Å². The van der Waals surface area contributed by atoms with Crippen molar-refractivity contribution < 1.29 is 4.79 Å². The van der Waals surface area contributed by atoms with Crippen molar-refractivity contribution in [2.75, 3.05) is 5.32 Å². The van der Waals surface area contributed by atoms with Gasteiger partial charge in [-0.15, -0.1) is 0 Å². The van der Waals surface area contributed by atoms with Crippen molar-refractivity contribution in [2.24, 2.45) is 5.10 Å². The Hall–Kier alpha value is -2.62. The van der Waals surface area contributed by atoms with Crippen molar-refractivity contribution in [3.8, 4) is 0 Å².